The van der Waals surface area contributed by atoms with Gasteiger partial charge in [-0.05, 0) is 63.3 Å². The minimum Gasteiger partial charge on any atom is -0.455 e. The van der Waals surface area contributed by atoms with E-state index >= 15 is 0 Å². The van der Waals surface area contributed by atoms with Crippen LogP contribution in [0, 0.1) is 0 Å². The summed E-state index contributed by atoms with van der Waals surface area (Å²) < 4.78 is 123. The molecule has 0 saturated carbocycles. The molecule has 9 aromatic carbocycles. The number of benzene rings is 9. The van der Waals surface area contributed by atoms with Gasteiger partial charge in [0.15, 0.2) is 0 Å². The molecule has 0 saturated heterocycles. The Morgan fingerprint density at radius 3 is 1.65 bits per heavy atom. The Hall–Kier alpha value is -6.90. The summed E-state index contributed by atoms with van der Waals surface area (Å²) in [7, 11) is 0. The van der Waals surface area contributed by atoms with Crippen LogP contribution < -0.4 is 4.90 Å². The number of nitrogens with zero attached hydrogens (tertiary/aromatic N) is 1. The van der Waals surface area contributed by atoms with Crippen molar-refractivity contribution in [1.82, 2.24) is 0 Å². The maximum absolute atomic E-state index is 9.69. The number of rotatable bonds is 6. The molecule has 0 amide bonds. The molecule has 10 rings (SSSR count). The minimum atomic E-state index is -0.778. The number of furan rings is 1. The van der Waals surface area contributed by atoms with E-state index in [9.17, 15) is 5.48 Å². The highest BCUT2D eigenvalue weighted by Crippen LogP contribution is 2.46. The van der Waals surface area contributed by atoms with E-state index < -0.39 is 101 Å². The molecule has 0 aliphatic rings. The number of hydrogen-bond acceptors (Lipinski definition) is 2. The predicted octanol–water partition coefficient (Wildman–Crippen LogP) is 14.4. The van der Waals surface area contributed by atoms with Crippen molar-refractivity contribution in [1.29, 1.82) is 0 Å². The average Bonchev–Trinajstić information content (AvgIpc) is 3.72. The van der Waals surface area contributed by atoms with Gasteiger partial charge in [-0.2, -0.15) is 0 Å². The standard InChI is InChI=1S/C50H33NO/c1-2-12-34(13-3-1)35-24-26-36(27-25-35)37-28-31-40(32-29-37)51(47-23-10-16-38-14-4-6-17-41(38)47)48-22-9-8-19-43(48)44-20-11-21-45-46-33-30-39-15-5-7-18-42(39)49(46)52-50(44)45/h1-33H/i1D,2D,3D,12D,13D,24D,25D,26D,27D,28D,29D,31D,32D. The fourth-order valence-electron chi connectivity index (χ4n) is 6.89. The molecule has 1 aromatic heterocycles. The SMILES string of the molecule is [2H]c1c([2H])c([2H])c(-c2c([2H])c([2H])c(-c3c([2H])c([2H])c(N(c4ccccc4-c4cccc5c4oc4c6ccccc6ccc54)c4cccc5ccccc45)c([2H])c3[2H])c([2H])c2[2H])c([2H])c1[2H]. The Morgan fingerprint density at radius 1 is 0.365 bits per heavy atom. The molecule has 0 spiro atoms. The summed E-state index contributed by atoms with van der Waals surface area (Å²) in [6.45, 7) is 0. The van der Waals surface area contributed by atoms with Gasteiger partial charge in [-0.25, -0.2) is 0 Å². The zero-order chi connectivity index (χ0) is 45.7. The number of hydrogen-bond donors (Lipinski definition) is 0. The first-order valence-electron chi connectivity index (χ1n) is 23.2. The second-order valence-electron chi connectivity index (χ2n) is 12.3. The highest BCUT2D eigenvalue weighted by molar-refractivity contribution is 6.17. The van der Waals surface area contributed by atoms with E-state index in [-0.39, 0.29) is 5.69 Å². The normalized spacial score (nSPS) is 15.0. The number of fused-ring (bicyclic) bond motifs is 6. The molecule has 0 unspecified atom stereocenters. The number of anilines is 3. The molecule has 1 heterocycles. The third kappa shape index (κ3) is 5.04. The molecule has 10 aromatic rings. The summed E-state index contributed by atoms with van der Waals surface area (Å²) in [5.74, 6) is 0. The Morgan fingerprint density at radius 2 is 0.885 bits per heavy atom. The molecule has 244 valence electrons. The summed E-state index contributed by atoms with van der Waals surface area (Å²) in [5.41, 5.74) is 1.41. The molecule has 0 fully saturated rings. The maximum Gasteiger partial charge on any atom is 0.143 e. The largest absolute Gasteiger partial charge is 0.455 e. The molecule has 0 aliphatic carbocycles. The molecule has 0 bridgehead atoms. The van der Waals surface area contributed by atoms with Gasteiger partial charge < -0.3 is 9.32 Å². The summed E-state index contributed by atoms with van der Waals surface area (Å²) in [6, 6.07) is 29.4. The zero-order valence-electron chi connectivity index (χ0n) is 40.4. The van der Waals surface area contributed by atoms with Crippen LogP contribution in [-0.4, -0.2) is 0 Å². The zero-order valence-corrected chi connectivity index (χ0v) is 27.4. The van der Waals surface area contributed by atoms with Crippen LogP contribution in [0.4, 0.5) is 17.1 Å². The Balaban J connectivity index is 1.24. The molecular weight excluding hydrogens is 631 g/mol. The van der Waals surface area contributed by atoms with Crippen LogP contribution in [0.5, 0.6) is 0 Å². The van der Waals surface area contributed by atoms with E-state index in [4.69, 9.17) is 16.8 Å². The minimum absolute atomic E-state index is 0.152. The first-order valence-corrected chi connectivity index (χ1v) is 16.7. The maximum atomic E-state index is 9.69. The third-order valence-electron chi connectivity index (χ3n) is 9.29. The van der Waals surface area contributed by atoms with E-state index in [2.05, 4.69) is 6.07 Å². The van der Waals surface area contributed by atoms with Gasteiger partial charge in [0.1, 0.15) is 11.2 Å². The van der Waals surface area contributed by atoms with Gasteiger partial charge in [0, 0.05) is 38.4 Å². The van der Waals surface area contributed by atoms with Gasteiger partial charge in [0.2, 0.25) is 0 Å². The summed E-state index contributed by atoms with van der Waals surface area (Å²) in [5, 5.41) is 5.35. The molecule has 0 radical (unpaired) electrons. The van der Waals surface area contributed by atoms with Crippen molar-refractivity contribution >= 4 is 60.5 Å². The smallest absolute Gasteiger partial charge is 0.143 e. The third-order valence-corrected chi connectivity index (χ3v) is 9.29. The van der Waals surface area contributed by atoms with E-state index in [1.165, 1.54) is 0 Å². The van der Waals surface area contributed by atoms with Gasteiger partial charge in [0.05, 0.1) is 29.2 Å². The van der Waals surface area contributed by atoms with Crippen molar-refractivity contribution in [2.75, 3.05) is 4.90 Å². The molecule has 0 N–H and O–H groups in total. The predicted molar refractivity (Wildman–Crippen MR) is 220 cm³/mol. The van der Waals surface area contributed by atoms with E-state index in [1.807, 2.05) is 115 Å². The van der Waals surface area contributed by atoms with Crippen molar-refractivity contribution in [3.63, 3.8) is 0 Å². The van der Waals surface area contributed by atoms with Crippen LogP contribution in [0.15, 0.2) is 204 Å². The molecule has 0 atom stereocenters. The summed E-state index contributed by atoms with van der Waals surface area (Å²) in [4.78, 5) is 1.68. The summed E-state index contributed by atoms with van der Waals surface area (Å²) in [6.07, 6.45) is 0. The van der Waals surface area contributed by atoms with Crippen molar-refractivity contribution in [2.45, 2.75) is 0 Å². The van der Waals surface area contributed by atoms with Gasteiger partial charge in [-0.15, -0.1) is 0 Å². The fourth-order valence-corrected chi connectivity index (χ4v) is 6.89. The van der Waals surface area contributed by atoms with Crippen LogP contribution >= 0.6 is 0 Å². The van der Waals surface area contributed by atoms with Gasteiger partial charge in [-0.3, -0.25) is 0 Å². The van der Waals surface area contributed by atoms with E-state index in [0.717, 1.165) is 37.9 Å². The second kappa shape index (κ2) is 12.5. The van der Waals surface area contributed by atoms with Gasteiger partial charge >= 0.3 is 0 Å². The monoisotopic (exact) mass is 676 g/mol. The van der Waals surface area contributed by atoms with Crippen molar-refractivity contribution in [3.8, 4) is 33.4 Å². The van der Waals surface area contributed by atoms with Crippen LogP contribution in [-0.2, 0) is 0 Å². The Bertz CT molecular complexity index is 3580. The van der Waals surface area contributed by atoms with Crippen LogP contribution in [0.3, 0.4) is 0 Å². The first-order chi connectivity index (χ1) is 31.2. The lowest BCUT2D eigenvalue weighted by molar-refractivity contribution is 0.674. The summed E-state index contributed by atoms with van der Waals surface area (Å²) >= 11 is 0. The molecule has 2 nitrogen and oxygen atoms in total. The van der Waals surface area contributed by atoms with Crippen molar-refractivity contribution in [2.24, 2.45) is 0 Å². The first kappa shape index (κ1) is 19.5. The lowest BCUT2D eigenvalue weighted by Crippen LogP contribution is -2.11. The topological polar surface area (TPSA) is 16.4 Å². The Labute approximate surface area is 320 Å². The molecular formula is C50H33NO. The quantitative estimate of drug-likeness (QED) is 0.174. The lowest BCUT2D eigenvalue weighted by Gasteiger charge is -2.29. The van der Waals surface area contributed by atoms with Crippen molar-refractivity contribution in [3.05, 3.63) is 200 Å². The average molecular weight is 677 g/mol. The van der Waals surface area contributed by atoms with Crippen LogP contribution in [0.1, 0.15) is 17.8 Å². The van der Waals surface area contributed by atoms with E-state index in [0.29, 0.717) is 28.1 Å². The molecule has 2 heteroatoms. The number of para-hydroxylation sites is 2. The highest BCUT2D eigenvalue weighted by atomic mass is 16.3. The molecule has 0 aliphatic heterocycles. The molecule has 52 heavy (non-hydrogen) atoms. The van der Waals surface area contributed by atoms with Gasteiger partial charge in [0.25, 0.3) is 0 Å². The Kier molecular flexibility index (Phi) is 4.67. The van der Waals surface area contributed by atoms with E-state index in [1.54, 1.807) is 4.90 Å². The van der Waals surface area contributed by atoms with Gasteiger partial charge in [-0.1, -0.05) is 170 Å². The van der Waals surface area contributed by atoms with Crippen LogP contribution in [0.25, 0.3) is 76.9 Å². The second-order valence-corrected chi connectivity index (χ2v) is 12.3. The van der Waals surface area contributed by atoms with Crippen LogP contribution in [0.2, 0.25) is 0 Å². The fraction of sp³-hybridized carbons (Fsp3) is 0. The van der Waals surface area contributed by atoms with Crippen molar-refractivity contribution < 1.29 is 22.2 Å². The lowest BCUT2D eigenvalue weighted by atomic mass is 9.97. The highest BCUT2D eigenvalue weighted by Gasteiger charge is 2.22.